The number of likely N-dealkylation sites (tertiary alicyclic amines) is 1. The van der Waals surface area contributed by atoms with E-state index in [4.69, 9.17) is 27.9 Å². The van der Waals surface area contributed by atoms with Crippen LogP contribution in [0.2, 0.25) is 10.0 Å². The van der Waals surface area contributed by atoms with Crippen LogP contribution in [0, 0.1) is 5.92 Å². The maximum Gasteiger partial charge on any atom is 0.122 e. The van der Waals surface area contributed by atoms with Gasteiger partial charge in [-0.2, -0.15) is 0 Å². The standard InChI is InChI=1S/C12H14Cl2FNO/c13-10-3-11(14)5-12(4-10)17-2-1-16-7-9(6-15)8-16/h3-5,9H,1-2,6-8H2. The smallest absolute Gasteiger partial charge is 0.122 e. The summed E-state index contributed by atoms with van der Waals surface area (Å²) in [5, 5.41) is 1.13. The Hall–Kier alpha value is -0.510. The van der Waals surface area contributed by atoms with E-state index in [0.29, 0.717) is 22.4 Å². The normalized spacial score (nSPS) is 16.9. The van der Waals surface area contributed by atoms with E-state index in [0.717, 1.165) is 19.6 Å². The summed E-state index contributed by atoms with van der Waals surface area (Å²) in [6.45, 7) is 2.81. The third-order valence-corrected chi connectivity index (χ3v) is 3.20. The number of alkyl halides is 1. The maximum absolute atomic E-state index is 12.2. The summed E-state index contributed by atoms with van der Waals surface area (Å²) in [6.07, 6.45) is 0. The molecule has 0 unspecified atom stereocenters. The first-order valence-corrected chi connectivity index (χ1v) is 6.30. The molecule has 1 aromatic rings. The highest BCUT2D eigenvalue weighted by atomic mass is 35.5. The van der Waals surface area contributed by atoms with Gasteiger partial charge < -0.3 is 4.74 Å². The quantitative estimate of drug-likeness (QED) is 0.819. The molecule has 0 bridgehead atoms. The van der Waals surface area contributed by atoms with Crippen molar-refractivity contribution in [3.8, 4) is 5.75 Å². The third kappa shape index (κ3) is 3.73. The van der Waals surface area contributed by atoms with E-state index in [1.165, 1.54) is 0 Å². The number of rotatable bonds is 5. The van der Waals surface area contributed by atoms with Crippen LogP contribution in [-0.2, 0) is 0 Å². The van der Waals surface area contributed by atoms with Gasteiger partial charge in [-0.15, -0.1) is 0 Å². The number of halogens is 3. The second kappa shape index (κ2) is 5.89. The molecule has 0 aromatic heterocycles. The lowest BCUT2D eigenvalue weighted by Gasteiger charge is -2.37. The zero-order chi connectivity index (χ0) is 12.3. The van der Waals surface area contributed by atoms with Gasteiger partial charge in [-0.25, -0.2) is 0 Å². The van der Waals surface area contributed by atoms with Gasteiger partial charge in [0.15, 0.2) is 0 Å². The van der Waals surface area contributed by atoms with Gasteiger partial charge in [-0.3, -0.25) is 9.29 Å². The topological polar surface area (TPSA) is 12.5 Å². The van der Waals surface area contributed by atoms with Crippen molar-refractivity contribution in [2.75, 3.05) is 32.9 Å². The molecule has 17 heavy (non-hydrogen) atoms. The Morgan fingerprint density at radius 3 is 2.47 bits per heavy atom. The third-order valence-electron chi connectivity index (χ3n) is 2.76. The summed E-state index contributed by atoms with van der Waals surface area (Å²) >= 11 is 11.7. The van der Waals surface area contributed by atoms with E-state index >= 15 is 0 Å². The minimum absolute atomic E-state index is 0.218. The maximum atomic E-state index is 12.2. The van der Waals surface area contributed by atoms with Crippen LogP contribution in [0.3, 0.4) is 0 Å². The van der Waals surface area contributed by atoms with Gasteiger partial charge in [0.1, 0.15) is 12.4 Å². The molecule has 0 spiro atoms. The average Bonchev–Trinajstić information content (AvgIpc) is 2.20. The van der Waals surface area contributed by atoms with Gasteiger partial charge in [0, 0.05) is 35.6 Å². The highest BCUT2D eigenvalue weighted by Crippen LogP contribution is 2.24. The lowest BCUT2D eigenvalue weighted by molar-refractivity contribution is 0.0668. The molecule has 0 aliphatic carbocycles. The van der Waals surface area contributed by atoms with Crippen LogP contribution in [-0.4, -0.2) is 37.8 Å². The molecule has 0 radical (unpaired) electrons. The Morgan fingerprint density at radius 1 is 1.24 bits per heavy atom. The monoisotopic (exact) mass is 277 g/mol. The molecule has 2 rings (SSSR count). The second-order valence-corrected chi connectivity index (χ2v) is 5.11. The molecule has 1 aromatic carbocycles. The van der Waals surface area contributed by atoms with Crippen molar-refractivity contribution in [1.82, 2.24) is 4.90 Å². The van der Waals surface area contributed by atoms with Crippen molar-refractivity contribution in [1.29, 1.82) is 0 Å². The number of benzene rings is 1. The highest BCUT2D eigenvalue weighted by Gasteiger charge is 2.25. The molecule has 1 fully saturated rings. The zero-order valence-electron chi connectivity index (χ0n) is 9.33. The Morgan fingerprint density at radius 2 is 1.88 bits per heavy atom. The molecule has 1 saturated heterocycles. The summed E-state index contributed by atoms with van der Waals surface area (Å²) in [7, 11) is 0. The minimum atomic E-state index is -0.221. The van der Waals surface area contributed by atoms with Gasteiger partial charge in [0.25, 0.3) is 0 Å². The van der Waals surface area contributed by atoms with Crippen LogP contribution < -0.4 is 4.74 Å². The molecule has 94 valence electrons. The van der Waals surface area contributed by atoms with E-state index in [9.17, 15) is 4.39 Å². The summed E-state index contributed by atoms with van der Waals surface area (Å²) in [5.41, 5.74) is 0. The SMILES string of the molecule is FCC1CN(CCOc2cc(Cl)cc(Cl)c2)C1. The number of nitrogens with zero attached hydrogens (tertiary/aromatic N) is 1. The van der Waals surface area contributed by atoms with Crippen LogP contribution in [0.4, 0.5) is 4.39 Å². The van der Waals surface area contributed by atoms with Gasteiger partial charge in [-0.1, -0.05) is 23.2 Å². The number of hydrogen-bond acceptors (Lipinski definition) is 2. The van der Waals surface area contributed by atoms with Crippen LogP contribution >= 0.6 is 23.2 Å². The molecule has 2 nitrogen and oxygen atoms in total. The fourth-order valence-electron chi connectivity index (χ4n) is 1.86. The Labute approximate surface area is 110 Å². The van der Waals surface area contributed by atoms with E-state index in [1.807, 2.05) is 0 Å². The molecule has 0 amide bonds. The van der Waals surface area contributed by atoms with Crippen LogP contribution in [0.5, 0.6) is 5.75 Å². The first-order valence-electron chi connectivity index (χ1n) is 5.54. The molecule has 1 aliphatic rings. The number of ether oxygens (including phenoxy) is 1. The summed E-state index contributed by atoms with van der Waals surface area (Å²) in [4.78, 5) is 2.16. The van der Waals surface area contributed by atoms with Crippen molar-refractivity contribution in [2.45, 2.75) is 0 Å². The van der Waals surface area contributed by atoms with E-state index in [-0.39, 0.29) is 12.6 Å². The highest BCUT2D eigenvalue weighted by molar-refractivity contribution is 6.34. The zero-order valence-corrected chi connectivity index (χ0v) is 10.8. The molecular formula is C12H14Cl2FNO. The van der Waals surface area contributed by atoms with Crippen molar-refractivity contribution < 1.29 is 9.13 Å². The Bertz CT molecular complexity index is 363. The van der Waals surface area contributed by atoms with E-state index in [1.54, 1.807) is 18.2 Å². The van der Waals surface area contributed by atoms with Crippen molar-refractivity contribution in [3.05, 3.63) is 28.2 Å². The van der Waals surface area contributed by atoms with Crippen LogP contribution in [0.1, 0.15) is 0 Å². The fraction of sp³-hybridized carbons (Fsp3) is 0.500. The molecule has 0 atom stereocenters. The van der Waals surface area contributed by atoms with Gasteiger partial charge in [-0.05, 0) is 18.2 Å². The van der Waals surface area contributed by atoms with Crippen molar-refractivity contribution >= 4 is 23.2 Å². The molecule has 1 aliphatic heterocycles. The second-order valence-electron chi connectivity index (χ2n) is 4.23. The molecule has 0 saturated carbocycles. The largest absolute Gasteiger partial charge is 0.492 e. The van der Waals surface area contributed by atoms with Crippen LogP contribution in [0.15, 0.2) is 18.2 Å². The molecule has 1 heterocycles. The predicted octanol–water partition coefficient (Wildman–Crippen LogP) is 3.27. The summed E-state index contributed by atoms with van der Waals surface area (Å²) < 4.78 is 17.7. The van der Waals surface area contributed by atoms with E-state index < -0.39 is 0 Å². The number of hydrogen-bond donors (Lipinski definition) is 0. The first kappa shape index (κ1) is 12.9. The predicted molar refractivity (Wildman–Crippen MR) is 67.9 cm³/mol. The Balaban J connectivity index is 1.71. The molecule has 5 heteroatoms. The molecular weight excluding hydrogens is 264 g/mol. The van der Waals surface area contributed by atoms with Gasteiger partial charge >= 0.3 is 0 Å². The lowest BCUT2D eigenvalue weighted by Crippen LogP contribution is -2.49. The first-order chi connectivity index (χ1) is 8.17. The lowest BCUT2D eigenvalue weighted by atomic mass is 10.0. The van der Waals surface area contributed by atoms with Gasteiger partial charge in [0.05, 0.1) is 6.67 Å². The Kier molecular flexibility index (Phi) is 4.48. The van der Waals surface area contributed by atoms with E-state index in [2.05, 4.69) is 4.90 Å². The molecule has 0 N–H and O–H groups in total. The van der Waals surface area contributed by atoms with Gasteiger partial charge in [0.2, 0.25) is 0 Å². The average molecular weight is 278 g/mol. The summed E-state index contributed by atoms with van der Waals surface area (Å²) in [6, 6.07) is 5.12. The van der Waals surface area contributed by atoms with Crippen LogP contribution in [0.25, 0.3) is 0 Å². The minimum Gasteiger partial charge on any atom is -0.492 e. The summed E-state index contributed by atoms with van der Waals surface area (Å²) in [5.74, 6) is 0.890. The van der Waals surface area contributed by atoms with Crippen molar-refractivity contribution in [2.24, 2.45) is 5.92 Å². The van der Waals surface area contributed by atoms with Crippen molar-refractivity contribution in [3.63, 3.8) is 0 Å². The fourth-order valence-corrected chi connectivity index (χ4v) is 2.37.